The highest BCUT2D eigenvalue weighted by Gasteiger charge is 2.67. The second kappa shape index (κ2) is 2.74. The minimum atomic E-state index is -0.00678. The zero-order chi connectivity index (χ0) is 10.6. The van der Waals surface area contributed by atoms with Gasteiger partial charge >= 0.3 is 5.97 Å². The van der Waals surface area contributed by atoms with E-state index in [1.54, 1.807) is 0 Å². The monoisotopic (exact) mass is 196 g/mol. The average Bonchev–Trinajstić information content (AvgIpc) is 2.71. The lowest BCUT2D eigenvalue weighted by Crippen LogP contribution is -2.35. The second-order valence-corrected chi connectivity index (χ2v) is 5.61. The largest absolute Gasteiger partial charge is 0.469 e. The third-order valence-electron chi connectivity index (χ3n) is 5.13. The number of carbonyl (C=O) groups is 1. The zero-order valence-electron chi connectivity index (χ0n) is 9.59. The lowest BCUT2D eigenvalue weighted by Gasteiger charge is -2.36. The van der Waals surface area contributed by atoms with E-state index in [0.717, 1.165) is 6.42 Å². The number of fused-ring (bicyclic) bond motifs is 1. The fraction of sp³-hybridized carbons (Fsp3) is 0.917. The van der Waals surface area contributed by atoms with E-state index in [9.17, 15) is 4.79 Å². The molecule has 0 radical (unpaired) electrons. The summed E-state index contributed by atoms with van der Waals surface area (Å²) in [4.78, 5) is 11.6. The molecule has 0 aromatic heterocycles. The molecule has 2 heteroatoms. The van der Waals surface area contributed by atoms with Crippen molar-refractivity contribution in [1.29, 1.82) is 0 Å². The molecule has 0 aliphatic heterocycles. The normalized spacial score (nSPS) is 50.9. The van der Waals surface area contributed by atoms with E-state index in [0.29, 0.717) is 16.7 Å². The van der Waals surface area contributed by atoms with Crippen LogP contribution < -0.4 is 0 Å². The molecule has 80 valence electrons. The molecule has 0 heterocycles. The maximum Gasteiger partial charge on any atom is 0.308 e. The minimum absolute atomic E-state index is 0.00678. The van der Waals surface area contributed by atoms with Crippen molar-refractivity contribution in [3.8, 4) is 0 Å². The SMILES string of the molecule is COC(=O)[C@H]1CCC2(C)CC2(C)C1C. The molecule has 0 aromatic rings. The lowest BCUT2D eigenvalue weighted by atomic mass is 9.68. The van der Waals surface area contributed by atoms with E-state index in [1.807, 2.05) is 0 Å². The van der Waals surface area contributed by atoms with E-state index in [2.05, 4.69) is 20.8 Å². The number of esters is 1. The summed E-state index contributed by atoms with van der Waals surface area (Å²) < 4.78 is 4.87. The fourth-order valence-corrected chi connectivity index (χ4v) is 3.49. The molecular weight excluding hydrogens is 176 g/mol. The predicted molar refractivity (Wildman–Crippen MR) is 54.7 cm³/mol. The number of carbonyl (C=O) groups excluding carboxylic acids is 1. The quantitative estimate of drug-likeness (QED) is 0.603. The first-order valence-corrected chi connectivity index (χ1v) is 5.52. The first-order chi connectivity index (χ1) is 6.44. The first kappa shape index (κ1) is 10.0. The second-order valence-electron chi connectivity index (χ2n) is 5.61. The first-order valence-electron chi connectivity index (χ1n) is 5.52. The van der Waals surface area contributed by atoms with Gasteiger partial charge in [0.1, 0.15) is 0 Å². The van der Waals surface area contributed by atoms with Crippen LogP contribution in [0.15, 0.2) is 0 Å². The van der Waals surface area contributed by atoms with Crippen LogP contribution in [0.3, 0.4) is 0 Å². The van der Waals surface area contributed by atoms with Crippen LogP contribution in [-0.2, 0) is 9.53 Å². The van der Waals surface area contributed by atoms with Crippen LogP contribution in [0.1, 0.15) is 40.0 Å². The highest BCUT2D eigenvalue weighted by atomic mass is 16.5. The van der Waals surface area contributed by atoms with Crippen molar-refractivity contribution in [2.24, 2.45) is 22.7 Å². The van der Waals surface area contributed by atoms with Gasteiger partial charge in [0.05, 0.1) is 13.0 Å². The van der Waals surface area contributed by atoms with Crippen LogP contribution in [0, 0.1) is 22.7 Å². The van der Waals surface area contributed by atoms with E-state index in [1.165, 1.54) is 20.0 Å². The van der Waals surface area contributed by atoms with Gasteiger partial charge in [-0.3, -0.25) is 4.79 Å². The van der Waals surface area contributed by atoms with E-state index < -0.39 is 0 Å². The van der Waals surface area contributed by atoms with Crippen molar-refractivity contribution in [1.82, 2.24) is 0 Å². The molecule has 0 amide bonds. The fourth-order valence-electron chi connectivity index (χ4n) is 3.49. The van der Waals surface area contributed by atoms with E-state index in [-0.39, 0.29) is 11.9 Å². The molecule has 0 N–H and O–H groups in total. The van der Waals surface area contributed by atoms with Crippen molar-refractivity contribution < 1.29 is 9.53 Å². The summed E-state index contributed by atoms with van der Waals surface area (Å²) in [5, 5.41) is 0. The Hall–Kier alpha value is -0.530. The van der Waals surface area contributed by atoms with Gasteiger partial charge in [0.15, 0.2) is 0 Å². The Kier molecular flexibility index (Phi) is 1.96. The zero-order valence-corrected chi connectivity index (χ0v) is 9.59. The maximum atomic E-state index is 11.6. The molecule has 0 aromatic carbocycles. The Labute approximate surface area is 86.0 Å². The van der Waals surface area contributed by atoms with Gasteiger partial charge < -0.3 is 4.74 Å². The number of hydrogen-bond donors (Lipinski definition) is 0. The Morgan fingerprint density at radius 1 is 1.43 bits per heavy atom. The highest BCUT2D eigenvalue weighted by molar-refractivity contribution is 5.73. The average molecular weight is 196 g/mol. The predicted octanol–water partition coefficient (Wildman–Crippen LogP) is 2.62. The summed E-state index contributed by atoms with van der Waals surface area (Å²) in [7, 11) is 1.50. The topological polar surface area (TPSA) is 26.3 Å². The highest BCUT2D eigenvalue weighted by Crippen LogP contribution is 2.73. The molecule has 4 atom stereocenters. The smallest absolute Gasteiger partial charge is 0.308 e. The summed E-state index contributed by atoms with van der Waals surface area (Å²) in [6.45, 7) is 6.90. The number of methoxy groups -OCH3 is 1. The molecule has 14 heavy (non-hydrogen) atoms. The van der Waals surface area contributed by atoms with E-state index >= 15 is 0 Å². The summed E-state index contributed by atoms with van der Waals surface area (Å²) in [6, 6.07) is 0. The molecule has 2 aliphatic carbocycles. The van der Waals surface area contributed by atoms with Crippen molar-refractivity contribution in [3.05, 3.63) is 0 Å². The maximum absolute atomic E-state index is 11.6. The molecule has 2 saturated carbocycles. The summed E-state index contributed by atoms with van der Waals surface area (Å²) in [5.74, 6) is 0.613. The Bertz CT molecular complexity index is 273. The summed E-state index contributed by atoms with van der Waals surface area (Å²) in [5.41, 5.74) is 0.904. The Balaban J connectivity index is 2.15. The summed E-state index contributed by atoms with van der Waals surface area (Å²) >= 11 is 0. The minimum Gasteiger partial charge on any atom is -0.469 e. The van der Waals surface area contributed by atoms with E-state index in [4.69, 9.17) is 4.74 Å². The molecule has 2 fully saturated rings. The molecule has 2 nitrogen and oxygen atoms in total. The van der Waals surface area contributed by atoms with Gasteiger partial charge in [-0.1, -0.05) is 20.8 Å². The molecule has 3 unspecified atom stereocenters. The molecule has 2 rings (SSSR count). The van der Waals surface area contributed by atoms with Gasteiger partial charge in [0.2, 0.25) is 0 Å². The standard InChI is InChI=1S/C12H20O2/c1-8-9(10(13)14-4)5-6-11(2)7-12(8,11)3/h8-9H,5-7H2,1-4H3/t8?,9-,11?,12?/m0/s1. The molecule has 0 saturated heterocycles. The van der Waals surface area contributed by atoms with Gasteiger partial charge in [0.25, 0.3) is 0 Å². The van der Waals surface area contributed by atoms with Crippen molar-refractivity contribution >= 4 is 5.97 Å². The van der Waals surface area contributed by atoms with Crippen LogP contribution in [0.2, 0.25) is 0 Å². The summed E-state index contributed by atoms with van der Waals surface area (Å²) in [6.07, 6.45) is 3.49. The Morgan fingerprint density at radius 2 is 2.07 bits per heavy atom. The van der Waals surface area contributed by atoms with Crippen molar-refractivity contribution in [2.75, 3.05) is 7.11 Å². The van der Waals surface area contributed by atoms with Crippen LogP contribution in [-0.4, -0.2) is 13.1 Å². The van der Waals surface area contributed by atoms with Gasteiger partial charge in [-0.15, -0.1) is 0 Å². The molecule has 0 bridgehead atoms. The number of ether oxygens (including phenoxy) is 1. The molecule has 0 spiro atoms. The van der Waals surface area contributed by atoms with Gasteiger partial charge in [-0.2, -0.15) is 0 Å². The van der Waals surface area contributed by atoms with Gasteiger partial charge in [-0.05, 0) is 36.0 Å². The van der Waals surface area contributed by atoms with Crippen LogP contribution in [0.5, 0.6) is 0 Å². The molecule has 2 aliphatic rings. The van der Waals surface area contributed by atoms with Gasteiger partial charge in [0, 0.05) is 0 Å². The lowest BCUT2D eigenvalue weighted by molar-refractivity contribution is -0.150. The third kappa shape index (κ3) is 1.06. The number of hydrogen-bond acceptors (Lipinski definition) is 2. The third-order valence-corrected chi connectivity index (χ3v) is 5.13. The number of rotatable bonds is 1. The van der Waals surface area contributed by atoms with Gasteiger partial charge in [-0.25, -0.2) is 0 Å². The van der Waals surface area contributed by atoms with Crippen molar-refractivity contribution in [3.63, 3.8) is 0 Å². The van der Waals surface area contributed by atoms with Crippen LogP contribution >= 0.6 is 0 Å². The van der Waals surface area contributed by atoms with Crippen molar-refractivity contribution in [2.45, 2.75) is 40.0 Å². The van der Waals surface area contributed by atoms with Crippen LogP contribution in [0.25, 0.3) is 0 Å². The molecular formula is C12H20O2. The Morgan fingerprint density at radius 3 is 2.64 bits per heavy atom. The van der Waals surface area contributed by atoms with Crippen LogP contribution in [0.4, 0.5) is 0 Å².